The highest BCUT2D eigenvalue weighted by molar-refractivity contribution is 6.30. The first-order valence-electron chi connectivity index (χ1n) is 7.35. The summed E-state index contributed by atoms with van der Waals surface area (Å²) in [6.45, 7) is 0.465. The fourth-order valence-corrected chi connectivity index (χ4v) is 2.39. The Labute approximate surface area is 139 Å². The van der Waals surface area contributed by atoms with Crippen LogP contribution >= 0.6 is 11.6 Å². The number of hydrogen-bond donors (Lipinski definition) is 1. The number of amides is 1. The second-order valence-electron chi connectivity index (χ2n) is 5.13. The molecule has 0 saturated heterocycles. The van der Waals surface area contributed by atoms with E-state index >= 15 is 0 Å². The van der Waals surface area contributed by atoms with Gasteiger partial charge in [0, 0.05) is 24.4 Å². The molecule has 0 aliphatic rings. The predicted octanol–water partition coefficient (Wildman–Crippen LogP) is 3.80. The lowest BCUT2D eigenvalue weighted by molar-refractivity contribution is -0.121. The van der Waals surface area contributed by atoms with Crippen LogP contribution in [0.1, 0.15) is 28.8 Å². The van der Waals surface area contributed by atoms with Gasteiger partial charge < -0.3 is 5.32 Å². The van der Waals surface area contributed by atoms with Crippen LogP contribution in [0.15, 0.2) is 48.5 Å². The zero-order valence-corrected chi connectivity index (χ0v) is 13.3. The Balaban J connectivity index is 1.73. The van der Waals surface area contributed by atoms with E-state index in [0.29, 0.717) is 18.0 Å². The van der Waals surface area contributed by atoms with Crippen molar-refractivity contribution in [2.45, 2.75) is 19.3 Å². The van der Waals surface area contributed by atoms with Crippen LogP contribution in [0.3, 0.4) is 0 Å². The van der Waals surface area contributed by atoms with E-state index in [0.717, 1.165) is 5.56 Å². The average molecular weight is 334 g/mol. The predicted molar refractivity (Wildman–Crippen MR) is 88.1 cm³/mol. The van der Waals surface area contributed by atoms with E-state index in [1.54, 1.807) is 12.1 Å². The summed E-state index contributed by atoms with van der Waals surface area (Å²) in [7, 11) is 0. The van der Waals surface area contributed by atoms with E-state index in [9.17, 15) is 14.0 Å². The van der Waals surface area contributed by atoms with Crippen molar-refractivity contribution in [3.8, 4) is 0 Å². The molecule has 5 heteroatoms. The summed E-state index contributed by atoms with van der Waals surface area (Å²) in [4.78, 5) is 23.6. The third-order valence-corrected chi connectivity index (χ3v) is 3.61. The number of benzene rings is 2. The molecule has 3 nitrogen and oxygen atoms in total. The molecule has 0 spiro atoms. The van der Waals surface area contributed by atoms with Gasteiger partial charge in [-0.3, -0.25) is 9.59 Å². The zero-order chi connectivity index (χ0) is 16.7. The van der Waals surface area contributed by atoms with Crippen LogP contribution in [0.2, 0.25) is 5.02 Å². The molecule has 1 N–H and O–H groups in total. The third-order valence-electron chi connectivity index (χ3n) is 3.38. The van der Waals surface area contributed by atoms with Crippen LogP contribution in [-0.4, -0.2) is 18.2 Å². The maximum Gasteiger partial charge on any atom is 0.220 e. The Morgan fingerprint density at radius 2 is 1.83 bits per heavy atom. The maximum absolute atomic E-state index is 13.5. The van der Waals surface area contributed by atoms with Gasteiger partial charge in [-0.25, -0.2) is 4.39 Å². The normalized spacial score (nSPS) is 10.3. The first-order chi connectivity index (χ1) is 11.1. The first-order valence-corrected chi connectivity index (χ1v) is 7.73. The first kappa shape index (κ1) is 17.2. The largest absolute Gasteiger partial charge is 0.356 e. The van der Waals surface area contributed by atoms with Crippen molar-refractivity contribution in [3.63, 3.8) is 0 Å². The molecule has 0 fully saturated rings. The lowest BCUT2D eigenvalue weighted by Crippen LogP contribution is -2.26. The maximum atomic E-state index is 13.5. The van der Waals surface area contributed by atoms with E-state index in [2.05, 4.69) is 5.32 Å². The third kappa shape index (κ3) is 5.49. The highest BCUT2D eigenvalue weighted by Gasteiger charge is 2.12. The second kappa shape index (κ2) is 8.44. The molecule has 1 amide bonds. The number of hydrogen-bond acceptors (Lipinski definition) is 2. The monoisotopic (exact) mass is 333 g/mol. The van der Waals surface area contributed by atoms with Crippen LogP contribution in [0, 0.1) is 5.82 Å². The topological polar surface area (TPSA) is 46.2 Å². The van der Waals surface area contributed by atoms with Gasteiger partial charge in [-0.15, -0.1) is 0 Å². The lowest BCUT2D eigenvalue weighted by atomic mass is 10.1. The Kier molecular flexibility index (Phi) is 6.29. The van der Waals surface area contributed by atoms with E-state index in [4.69, 9.17) is 11.6 Å². The van der Waals surface area contributed by atoms with Crippen molar-refractivity contribution in [1.29, 1.82) is 0 Å². The van der Waals surface area contributed by atoms with Gasteiger partial charge in [-0.05, 0) is 36.2 Å². The van der Waals surface area contributed by atoms with Gasteiger partial charge in [0.15, 0.2) is 5.78 Å². The molecule has 2 rings (SSSR count). The summed E-state index contributed by atoms with van der Waals surface area (Å²) >= 11 is 5.89. The van der Waals surface area contributed by atoms with Gasteiger partial charge in [0.2, 0.25) is 5.91 Å². The molecule has 2 aromatic carbocycles. The van der Waals surface area contributed by atoms with E-state index in [-0.39, 0.29) is 30.1 Å². The fraction of sp³-hybridized carbons (Fsp3) is 0.222. The molecule has 2 aromatic rings. The molecule has 120 valence electrons. The average Bonchev–Trinajstić information content (AvgIpc) is 2.53. The van der Waals surface area contributed by atoms with Crippen LogP contribution in [-0.2, 0) is 11.2 Å². The molecule has 0 bridgehead atoms. The summed E-state index contributed by atoms with van der Waals surface area (Å²) in [5, 5.41) is 3.40. The molecule has 0 aliphatic carbocycles. The van der Waals surface area contributed by atoms with E-state index in [1.165, 1.54) is 18.2 Å². The van der Waals surface area contributed by atoms with Crippen LogP contribution in [0.5, 0.6) is 0 Å². The summed E-state index contributed by atoms with van der Waals surface area (Å²) in [6, 6.07) is 13.2. The summed E-state index contributed by atoms with van der Waals surface area (Å²) in [5.74, 6) is -1.15. The van der Waals surface area contributed by atoms with E-state index in [1.807, 2.05) is 18.2 Å². The molecule has 0 heterocycles. The van der Waals surface area contributed by atoms with Gasteiger partial charge >= 0.3 is 0 Å². The van der Waals surface area contributed by atoms with Gasteiger partial charge in [0.25, 0.3) is 0 Å². The summed E-state index contributed by atoms with van der Waals surface area (Å²) < 4.78 is 13.5. The molecule has 0 radical (unpaired) electrons. The molecular formula is C18H17ClFNO2. The van der Waals surface area contributed by atoms with Crippen molar-refractivity contribution >= 4 is 23.3 Å². The van der Waals surface area contributed by atoms with Gasteiger partial charge in [0.05, 0.1) is 5.56 Å². The van der Waals surface area contributed by atoms with Crippen LogP contribution < -0.4 is 5.32 Å². The summed E-state index contributed by atoms with van der Waals surface area (Å²) in [5.41, 5.74) is 1.06. The highest BCUT2D eigenvalue weighted by atomic mass is 35.5. The van der Waals surface area contributed by atoms with Gasteiger partial charge in [-0.1, -0.05) is 35.9 Å². The molecule has 23 heavy (non-hydrogen) atoms. The number of carbonyl (C=O) groups excluding carboxylic acids is 2. The van der Waals surface area contributed by atoms with Crippen molar-refractivity contribution < 1.29 is 14.0 Å². The number of halogens is 2. The van der Waals surface area contributed by atoms with Crippen molar-refractivity contribution in [2.24, 2.45) is 0 Å². The van der Waals surface area contributed by atoms with Crippen LogP contribution in [0.25, 0.3) is 0 Å². The van der Waals surface area contributed by atoms with Gasteiger partial charge in [0.1, 0.15) is 5.82 Å². The molecular weight excluding hydrogens is 317 g/mol. The molecule has 0 aromatic heterocycles. The number of nitrogens with one attached hydrogen (secondary N) is 1. The zero-order valence-electron chi connectivity index (χ0n) is 12.5. The minimum Gasteiger partial charge on any atom is -0.356 e. The van der Waals surface area contributed by atoms with Crippen molar-refractivity contribution in [2.75, 3.05) is 6.54 Å². The molecule has 0 unspecified atom stereocenters. The van der Waals surface area contributed by atoms with Gasteiger partial charge in [-0.2, -0.15) is 0 Å². The Hall–Kier alpha value is -2.20. The van der Waals surface area contributed by atoms with E-state index < -0.39 is 5.82 Å². The minimum atomic E-state index is -0.557. The molecule has 0 aliphatic heterocycles. The standard InChI is InChI=1S/C18H17ClFNO2/c19-14-5-3-4-13(12-14)10-11-21-18(23)9-8-17(22)15-6-1-2-7-16(15)20/h1-7,12H,8-11H2,(H,21,23). The Morgan fingerprint density at radius 1 is 1.04 bits per heavy atom. The molecule has 0 atom stereocenters. The van der Waals surface area contributed by atoms with Crippen molar-refractivity contribution in [1.82, 2.24) is 5.32 Å². The number of ketones is 1. The lowest BCUT2D eigenvalue weighted by Gasteiger charge is -2.06. The fourth-order valence-electron chi connectivity index (χ4n) is 2.18. The Bertz CT molecular complexity index is 703. The second-order valence-corrected chi connectivity index (χ2v) is 5.57. The highest BCUT2D eigenvalue weighted by Crippen LogP contribution is 2.11. The number of rotatable bonds is 7. The van der Waals surface area contributed by atoms with Crippen LogP contribution in [0.4, 0.5) is 4.39 Å². The Morgan fingerprint density at radius 3 is 2.57 bits per heavy atom. The minimum absolute atomic E-state index is 0.00999. The number of Topliss-reactive ketones (excluding diaryl/α,β-unsaturated/α-hetero) is 1. The van der Waals surface area contributed by atoms with Crippen molar-refractivity contribution in [3.05, 3.63) is 70.5 Å². The number of carbonyl (C=O) groups is 2. The smallest absolute Gasteiger partial charge is 0.220 e. The molecule has 0 saturated carbocycles. The quantitative estimate of drug-likeness (QED) is 0.783. The summed E-state index contributed by atoms with van der Waals surface area (Å²) in [6.07, 6.45) is 0.695. The SMILES string of the molecule is O=C(CCC(=O)c1ccccc1F)NCCc1cccc(Cl)c1.